The third kappa shape index (κ3) is 10.3. The molecule has 3 fully saturated rings. The second kappa shape index (κ2) is 16.7. The topological polar surface area (TPSA) is 31.3 Å². The molecular weight excluding hydrogens is 622 g/mol. The fourth-order valence-electron chi connectivity index (χ4n) is 6.38. The van der Waals surface area contributed by atoms with Gasteiger partial charge in [-0.25, -0.2) is 0 Å². The number of aryl methyl sites for hydroxylation is 3. The predicted octanol–water partition coefficient (Wildman–Crippen LogP) is 7.49. The van der Waals surface area contributed by atoms with Gasteiger partial charge in [0.15, 0.2) is 0 Å². The average Bonchev–Trinajstić information content (AvgIpc) is 3.32. The van der Waals surface area contributed by atoms with E-state index in [0.29, 0.717) is 24.2 Å². The Balaban J connectivity index is 0.000000221. The number of ether oxygens (including phenoxy) is 1. The minimum Gasteiger partial charge on any atom is -0.506 e. The zero-order valence-electron chi connectivity index (χ0n) is 24.3. The molecule has 0 spiro atoms. The van der Waals surface area contributed by atoms with Crippen LogP contribution in [0.25, 0.3) is 0 Å². The van der Waals surface area contributed by atoms with Crippen LogP contribution in [-0.4, -0.2) is 57.8 Å². The molecule has 3 aliphatic rings. The summed E-state index contributed by atoms with van der Waals surface area (Å²) in [5.41, 5.74) is 5.47. The molecule has 4 nitrogen and oxygen atoms in total. The van der Waals surface area contributed by atoms with E-state index in [0.717, 1.165) is 25.6 Å². The van der Waals surface area contributed by atoms with E-state index in [1.807, 2.05) is 0 Å². The van der Waals surface area contributed by atoms with Crippen LogP contribution < -0.4 is 10.2 Å². The quantitative estimate of drug-likeness (QED) is 0.134. The van der Waals surface area contributed by atoms with E-state index in [-0.39, 0.29) is 0 Å². The van der Waals surface area contributed by atoms with Crippen LogP contribution in [0.2, 0.25) is 0 Å². The average molecular weight is 674 g/mol. The molecule has 0 bridgehead atoms. The van der Waals surface area contributed by atoms with E-state index in [9.17, 15) is 0 Å². The van der Waals surface area contributed by atoms with E-state index in [1.54, 1.807) is 11.9 Å². The van der Waals surface area contributed by atoms with Gasteiger partial charge in [0.05, 0.1) is 0 Å². The number of anilines is 1. The standard InChI is InChI=1S/C17H31NO.C13H19N2S.2ClH.Ru/c1-13(2)19-17-11-7-6-10-16(17)18-12-15-9-5-4-8-14(15)3;1-10-7-11(2)13(12(3)8-10)14-5-6-15(9-14)16-4;;;/h3,13-18H,4-12H2,1-2H3;7-9H,5-6H2,1-4H3;2*1H;/q;-1;;;+2/p-1. The summed E-state index contributed by atoms with van der Waals surface area (Å²) in [6.45, 7) is 16.5. The molecule has 1 heterocycles. The number of nitrogens with zero attached hydrogens (tertiary/aromatic N) is 2. The fraction of sp³-hybridized carbons (Fsp3) is 0.733. The molecular formula is C30H51Cl2N3ORuS. The van der Waals surface area contributed by atoms with Gasteiger partial charge in [0, 0.05) is 12.2 Å². The van der Waals surface area contributed by atoms with E-state index >= 15 is 0 Å². The molecule has 8 heteroatoms. The van der Waals surface area contributed by atoms with Crippen molar-refractivity contribution in [3.63, 3.8) is 0 Å². The van der Waals surface area contributed by atoms with Crippen LogP contribution in [0.3, 0.4) is 0 Å². The summed E-state index contributed by atoms with van der Waals surface area (Å²) in [5.74, 6) is 1.36. The van der Waals surface area contributed by atoms with Crippen molar-refractivity contribution in [1.29, 1.82) is 0 Å². The molecule has 2 N–H and O–H groups in total. The summed E-state index contributed by atoms with van der Waals surface area (Å²) in [6.07, 6.45) is 13.6. The molecule has 2 aliphatic carbocycles. The Morgan fingerprint density at radius 1 is 1.05 bits per heavy atom. The number of nitrogens with one attached hydrogen (secondary N) is 1. The van der Waals surface area contributed by atoms with Gasteiger partial charge in [0.2, 0.25) is 0 Å². The summed E-state index contributed by atoms with van der Waals surface area (Å²) in [7, 11) is 12.2. The second-order valence-corrected chi connectivity index (χ2v) is 18.2. The second-order valence-electron chi connectivity index (χ2n) is 11.5. The van der Waals surface area contributed by atoms with E-state index in [4.69, 9.17) is 24.1 Å². The first kappa shape index (κ1) is 32.8. The maximum Gasteiger partial charge on any atom is 0.0142 e. The van der Waals surface area contributed by atoms with Crippen molar-refractivity contribution in [2.24, 2.45) is 11.8 Å². The third-order valence-electron chi connectivity index (χ3n) is 8.06. The Labute approximate surface area is 250 Å². The number of halogens is 2. The molecule has 4 atom stereocenters. The van der Waals surface area contributed by atoms with Crippen molar-refractivity contribution < 1.29 is 18.3 Å². The van der Waals surface area contributed by atoms with Gasteiger partial charge in [0.1, 0.15) is 0 Å². The first-order chi connectivity index (χ1) is 18.2. The van der Waals surface area contributed by atoms with Gasteiger partial charge in [0.25, 0.3) is 0 Å². The number of rotatable bonds is 8. The van der Waals surface area contributed by atoms with Crippen LogP contribution in [0.4, 0.5) is 5.69 Å². The summed E-state index contributed by atoms with van der Waals surface area (Å²) in [5, 5.41) is 3.87. The van der Waals surface area contributed by atoms with E-state index in [1.165, 1.54) is 73.7 Å². The van der Waals surface area contributed by atoms with E-state index < -0.39 is 13.5 Å². The van der Waals surface area contributed by atoms with Crippen LogP contribution in [0.5, 0.6) is 0 Å². The van der Waals surface area contributed by atoms with Gasteiger partial charge in [-0.1, -0.05) is 17.7 Å². The van der Waals surface area contributed by atoms with Crippen molar-refractivity contribution in [1.82, 2.24) is 9.62 Å². The first-order valence-electron chi connectivity index (χ1n) is 14.4. The number of hydrogen-bond donors (Lipinski definition) is 1. The Kier molecular flexibility index (Phi) is 14.4. The monoisotopic (exact) mass is 673 g/mol. The number of hydrogen-bond acceptors (Lipinski definition) is 4. The summed E-state index contributed by atoms with van der Waals surface area (Å²) in [4.78, 5) is 2.36. The Hall–Kier alpha value is 0.323. The Morgan fingerprint density at radius 2 is 1.71 bits per heavy atom. The van der Waals surface area contributed by atoms with Gasteiger partial charge in [-0.3, -0.25) is 0 Å². The molecule has 0 radical (unpaired) electrons. The van der Waals surface area contributed by atoms with E-state index in [2.05, 4.69) is 78.8 Å². The first-order valence-corrected chi connectivity index (χ1v) is 21.1. The van der Waals surface area contributed by atoms with Gasteiger partial charge in [-0.15, -0.1) is 11.9 Å². The molecule has 4 rings (SSSR count). The van der Waals surface area contributed by atoms with Gasteiger partial charge in [-0.2, -0.15) is 6.67 Å². The molecule has 1 aromatic carbocycles. The van der Waals surface area contributed by atoms with Gasteiger partial charge >= 0.3 is 149 Å². The van der Waals surface area contributed by atoms with Gasteiger partial charge < -0.3 is 9.21 Å². The van der Waals surface area contributed by atoms with Crippen LogP contribution in [0.15, 0.2) is 12.1 Å². The zero-order valence-corrected chi connectivity index (χ0v) is 28.4. The summed E-state index contributed by atoms with van der Waals surface area (Å²) in [6, 6.07) is 5.11. The minimum absolute atomic E-state index is 0.447. The van der Waals surface area contributed by atoms with Crippen LogP contribution in [0.1, 0.15) is 81.9 Å². The number of aliphatic hydroxyl groups is 2. The predicted molar refractivity (Wildman–Crippen MR) is 167 cm³/mol. The Morgan fingerprint density at radius 3 is 2.34 bits per heavy atom. The van der Waals surface area contributed by atoms with Crippen molar-refractivity contribution in [3.05, 3.63) is 35.5 Å². The molecule has 2 saturated carbocycles. The molecule has 0 amide bonds. The van der Waals surface area contributed by atoms with Crippen LogP contribution in [0, 0.1) is 39.3 Å². The molecule has 1 aliphatic heterocycles. The minimum atomic E-state index is -1.64. The molecule has 0 aromatic heterocycles. The normalized spacial score (nSPS) is 26.8. The molecule has 4 unspecified atom stereocenters. The number of benzene rings is 1. The van der Waals surface area contributed by atoms with Crippen molar-refractivity contribution >= 4 is 41.6 Å². The SMILES string of the molecule is CC(C)[OH+]C1CCCCC1NCC1CCCCC1[CH]=[Ru]([Cl])[Cl].CSN1[CH-]N(c2c(C)cc(C)cc2C)CC1. The Bertz CT molecular complexity index is 875. The van der Waals surface area contributed by atoms with Crippen molar-refractivity contribution in [3.8, 4) is 0 Å². The van der Waals surface area contributed by atoms with Crippen molar-refractivity contribution in [2.75, 3.05) is 30.8 Å². The summed E-state index contributed by atoms with van der Waals surface area (Å²) < 4.78 is 9.51. The van der Waals surface area contributed by atoms with Crippen LogP contribution in [-0.2, 0) is 13.5 Å². The molecule has 1 saturated heterocycles. The molecule has 220 valence electrons. The summed E-state index contributed by atoms with van der Waals surface area (Å²) >= 11 is 0.141. The molecule has 1 aromatic rings. The van der Waals surface area contributed by atoms with Gasteiger partial charge in [-0.05, 0) is 44.7 Å². The maximum atomic E-state index is 6.12. The van der Waals surface area contributed by atoms with Crippen molar-refractivity contribution in [2.45, 2.75) is 104 Å². The van der Waals surface area contributed by atoms with Crippen LogP contribution >= 0.6 is 31.3 Å². The maximum absolute atomic E-state index is 6.12. The smallest absolute Gasteiger partial charge is 0.0142 e. The largest absolute Gasteiger partial charge is 0.506 e. The fourth-order valence-corrected chi connectivity index (χ4v) is 9.54. The molecule has 38 heavy (non-hydrogen) atoms. The zero-order chi connectivity index (χ0) is 27.7. The third-order valence-corrected chi connectivity index (χ3v) is 11.0.